The number of amides is 1. The van der Waals surface area contributed by atoms with Gasteiger partial charge in [0.15, 0.2) is 6.10 Å². The second kappa shape index (κ2) is 10.2. The zero-order valence-corrected chi connectivity index (χ0v) is 15.5. The van der Waals surface area contributed by atoms with E-state index in [0.717, 1.165) is 4.90 Å². The van der Waals surface area contributed by atoms with Gasteiger partial charge in [-0.3, -0.25) is 9.59 Å². The van der Waals surface area contributed by atoms with Crippen LogP contribution in [0.4, 0.5) is 14.5 Å². The number of benzene rings is 2. The predicted octanol–water partition coefficient (Wildman–Crippen LogP) is 4.66. The standard InChI is InChI=1S/C18H17F2NO3S2/c1-12(24-16(22)11-25-14-5-3-2-4-6-14)17(23)21-13-7-9-15(10-8-13)26-18(19)20/h2-10,12,18H,11H2,1H3,(H,21,23)/t12-/m1/s1. The Morgan fingerprint density at radius 1 is 1.04 bits per heavy atom. The number of anilines is 1. The van der Waals surface area contributed by atoms with Gasteiger partial charge >= 0.3 is 5.97 Å². The number of alkyl halides is 2. The normalized spacial score (nSPS) is 11.8. The highest BCUT2D eigenvalue weighted by Gasteiger charge is 2.18. The summed E-state index contributed by atoms with van der Waals surface area (Å²) in [7, 11) is 0. The van der Waals surface area contributed by atoms with Crippen LogP contribution >= 0.6 is 23.5 Å². The number of rotatable bonds is 8. The fourth-order valence-corrected chi connectivity index (χ4v) is 3.11. The minimum Gasteiger partial charge on any atom is -0.452 e. The summed E-state index contributed by atoms with van der Waals surface area (Å²) in [5.41, 5.74) is 0.440. The minimum absolute atomic E-state index is 0.0984. The summed E-state index contributed by atoms with van der Waals surface area (Å²) < 4.78 is 29.7. The molecule has 0 aliphatic rings. The van der Waals surface area contributed by atoms with Crippen molar-refractivity contribution in [1.29, 1.82) is 0 Å². The molecule has 26 heavy (non-hydrogen) atoms. The van der Waals surface area contributed by atoms with Crippen molar-refractivity contribution in [1.82, 2.24) is 0 Å². The summed E-state index contributed by atoms with van der Waals surface area (Å²) in [6, 6.07) is 15.4. The van der Waals surface area contributed by atoms with E-state index in [-0.39, 0.29) is 5.75 Å². The molecule has 4 nitrogen and oxygen atoms in total. The molecule has 0 saturated carbocycles. The second-order valence-electron chi connectivity index (χ2n) is 5.13. The average Bonchev–Trinajstić information content (AvgIpc) is 2.62. The Balaban J connectivity index is 1.78. The van der Waals surface area contributed by atoms with Crippen molar-refractivity contribution < 1.29 is 23.1 Å². The second-order valence-corrected chi connectivity index (χ2v) is 7.24. The molecule has 0 fully saturated rings. The van der Waals surface area contributed by atoms with Crippen molar-refractivity contribution in [3.05, 3.63) is 54.6 Å². The minimum atomic E-state index is -2.50. The molecule has 1 amide bonds. The largest absolute Gasteiger partial charge is 0.452 e. The molecule has 0 heterocycles. The van der Waals surface area contributed by atoms with Crippen LogP contribution in [-0.4, -0.2) is 29.5 Å². The van der Waals surface area contributed by atoms with Crippen LogP contribution in [0.25, 0.3) is 0 Å². The van der Waals surface area contributed by atoms with E-state index >= 15 is 0 Å². The third kappa shape index (κ3) is 7.05. The first kappa shape index (κ1) is 20.3. The Kier molecular flexibility index (Phi) is 7.93. The van der Waals surface area contributed by atoms with Gasteiger partial charge in [0.25, 0.3) is 11.7 Å². The number of thioether (sulfide) groups is 2. The molecule has 0 aromatic heterocycles. The maximum Gasteiger partial charge on any atom is 0.317 e. The lowest BCUT2D eigenvalue weighted by atomic mass is 10.3. The van der Waals surface area contributed by atoms with Crippen LogP contribution in [0.2, 0.25) is 0 Å². The molecule has 0 radical (unpaired) electrons. The fourth-order valence-electron chi connectivity index (χ4n) is 1.91. The molecule has 1 N–H and O–H groups in total. The van der Waals surface area contributed by atoms with E-state index in [1.807, 2.05) is 30.3 Å². The zero-order chi connectivity index (χ0) is 18.9. The van der Waals surface area contributed by atoms with E-state index in [4.69, 9.17) is 4.74 Å². The van der Waals surface area contributed by atoms with Gasteiger partial charge in [0.05, 0.1) is 5.75 Å². The summed E-state index contributed by atoms with van der Waals surface area (Å²) in [4.78, 5) is 25.2. The Bertz CT molecular complexity index is 727. The van der Waals surface area contributed by atoms with Gasteiger partial charge in [-0.05, 0) is 43.3 Å². The van der Waals surface area contributed by atoms with Gasteiger partial charge in [0, 0.05) is 15.5 Å². The summed E-state index contributed by atoms with van der Waals surface area (Å²) >= 11 is 1.75. The molecule has 138 valence electrons. The smallest absolute Gasteiger partial charge is 0.317 e. The highest BCUT2D eigenvalue weighted by Crippen LogP contribution is 2.26. The predicted molar refractivity (Wildman–Crippen MR) is 99.7 cm³/mol. The first-order valence-electron chi connectivity index (χ1n) is 7.67. The van der Waals surface area contributed by atoms with Crippen molar-refractivity contribution >= 4 is 41.1 Å². The molecule has 2 aromatic carbocycles. The third-order valence-electron chi connectivity index (χ3n) is 3.12. The third-order valence-corrected chi connectivity index (χ3v) is 4.83. The molecule has 0 spiro atoms. The summed E-state index contributed by atoms with van der Waals surface area (Å²) in [6.45, 7) is 1.47. The lowest BCUT2D eigenvalue weighted by Gasteiger charge is -2.13. The van der Waals surface area contributed by atoms with Crippen molar-refractivity contribution in [3.63, 3.8) is 0 Å². The van der Waals surface area contributed by atoms with Crippen LogP contribution in [0.1, 0.15) is 6.92 Å². The lowest BCUT2D eigenvalue weighted by molar-refractivity contribution is -0.150. The number of hydrogen-bond donors (Lipinski definition) is 1. The summed E-state index contributed by atoms with van der Waals surface area (Å²) in [5, 5.41) is 2.58. The van der Waals surface area contributed by atoms with Crippen molar-refractivity contribution in [2.75, 3.05) is 11.1 Å². The van der Waals surface area contributed by atoms with Crippen LogP contribution in [0.5, 0.6) is 0 Å². The monoisotopic (exact) mass is 397 g/mol. The van der Waals surface area contributed by atoms with E-state index in [1.54, 1.807) is 0 Å². The van der Waals surface area contributed by atoms with Crippen molar-refractivity contribution in [2.45, 2.75) is 28.6 Å². The van der Waals surface area contributed by atoms with Crippen LogP contribution in [0.3, 0.4) is 0 Å². The Morgan fingerprint density at radius 2 is 1.69 bits per heavy atom. The van der Waals surface area contributed by atoms with E-state index in [0.29, 0.717) is 22.3 Å². The molecular formula is C18H17F2NO3S2. The number of nitrogens with one attached hydrogen (secondary N) is 1. The van der Waals surface area contributed by atoms with Crippen LogP contribution in [0.15, 0.2) is 64.4 Å². The van der Waals surface area contributed by atoms with Gasteiger partial charge in [-0.2, -0.15) is 8.78 Å². The van der Waals surface area contributed by atoms with Crippen LogP contribution in [-0.2, 0) is 14.3 Å². The van der Waals surface area contributed by atoms with Gasteiger partial charge in [-0.25, -0.2) is 0 Å². The molecule has 2 rings (SSSR count). The number of hydrogen-bond acceptors (Lipinski definition) is 5. The number of carbonyl (C=O) groups is 2. The molecule has 8 heteroatoms. The molecule has 0 aliphatic carbocycles. The average molecular weight is 397 g/mol. The van der Waals surface area contributed by atoms with Gasteiger partial charge in [-0.15, -0.1) is 11.8 Å². The van der Waals surface area contributed by atoms with Gasteiger partial charge in [0.1, 0.15) is 0 Å². The highest BCUT2D eigenvalue weighted by atomic mass is 32.2. The number of halogens is 2. The summed E-state index contributed by atoms with van der Waals surface area (Å²) in [6.07, 6.45) is -0.964. The number of ether oxygens (including phenoxy) is 1. The quantitative estimate of drug-likeness (QED) is 0.518. The lowest BCUT2D eigenvalue weighted by Crippen LogP contribution is -2.30. The maximum absolute atomic E-state index is 12.3. The van der Waals surface area contributed by atoms with Crippen LogP contribution < -0.4 is 5.32 Å². The van der Waals surface area contributed by atoms with Crippen molar-refractivity contribution in [2.24, 2.45) is 0 Å². The summed E-state index contributed by atoms with van der Waals surface area (Å²) in [5.74, 6) is -3.38. The Labute approximate surface area is 158 Å². The van der Waals surface area contributed by atoms with E-state index in [1.165, 1.54) is 43.0 Å². The van der Waals surface area contributed by atoms with E-state index in [9.17, 15) is 18.4 Å². The Morgan fingerprint density at radius 3 is 2.31 bits per heavy atom. The molecule has 0 unspecified atom stereocenters. The molecule has 0 aliphatic heterocycles. The van der Waals surface area contributed by atoms with Gasteiger partial charge < -0.3 is 10.1 Å². The zero-order valence-electron chi connectivity index (χ0n) is 13.9. The molecule has 0 bridgehead atoms. The van der Waals surface area contributed by atoms with Gasteiger partial charge in [0.2, 0.25) is 0 Å². The van der Waals surface area contributed by atoms with E-state index < -0.39 is 23.7 Å². The number of esters is 1. The SMILES string of the molecule is C[C@@H](OC(=O)CSc1ccccc1)C(=O)Nc1ccc(SC(F)F)cc1. The Hall–Kier alpha value is -2.06. The first-order valence-corrected chi connectivity index (χ1v) is 9.53. The van der Waals surface area contributed by atoms with Gasteiger partial charge in [-0.1, -0.05) is 30.0 Å². The van der Waals surface area contributed by atoms with Crippen molar-refractivity contribution in [3.8, 4) is 0 Å². The first-order chi connectivity index (χ1) is 12.4. The van der Waals surface area contributed by atoms with E-state index in [2.05, 4.69) is 5.32 Å². The molecular weight excluding hydrogens is 380 g/mol. The maximum atomic E-state index is 12.3. The number of carbonyl (C=O) groups excluding carboxylic acids is 2. The highest BCUT2D eigenvalue weighted by molar-refractivity contribution is 8.00. The fraction of sp³-hybridized carbons (Fsp3) is 0.222. The topological polar surface area (TPSA) is 55.4 Å². The molecule has 2 aromatic rings. The molecule has 1 atom stereocenters. The molecule has 0 saturated heterocycles. The van der Waals surface area contributed by atoms with Crippen LogP contribution in [0, 0.1) is 0 Å².